The number of aliphatic hydroxyl groups is 1. The third-order valence-electron chi connectivity index (χ3n) is 5.48. The van der Waals surface area contributed by atoms with Crippen molar-refractivity contribution in [3.63, 3.8) is 0 Å². The second-order valence-corrected chi connectivity index (χ2v) is 8.40. The largest absolute Gasteiger partial charge is 0.487 e. The van der Waals surface area contributed by atoms with Gasteiger partial charge in [-0.1, -0.05) is 23.2 Å². The lowest BCUT2D eigenvalue weighted by atomic mass is 10.1. The van der Waals surface area contributed by atoms with Crippen LogP contribution in [-0.4, -0.2) is 81.4 Å². The van der Waals surface area contributed by atoms with E-state index in [0.29, 0.717) is 30.5 Å². The summed E-state index contributed by atoms with van der Waals surface area (Å²) >= 11 is 11.8. The van der Waals surface area contributed by atoms with E-state index in [1.807, 2.05) is 4.90 Å². The van der Waals surface area contributed by atoms with Gasteiger partial charge in [-0.3, -0.25) is 9.69 Å². The molecule has 0 amide bonds. The number of piperazine rings is 1. The highest BCUT2D eigenvalue weighted by atomic mass is 35.5. The summed E-state index contributed by atoms with van der Waals surface area (Å²) in [5.41, 5.74) is -0.491. The van der Waals surface area contributed by atoms with Crippen LogP contribution in [0.3, 0.4) is 0 Å². The highest BCUT2D eigenvalue weighted by Crippen LogP contribution is 2.26. The molecule has 3 atom stereocenters. The molecule has 2 aromatic rings. The number of hydrogen-bond acceptors (Lipinski definition) is 9. The zero-order valence-electron chi connectivity index (χ0n) is 16.8. The number of aromatic amines is 1. The summed E-state index contributed by atoms with van der Waals surface area (Å²) in [4.78, 5) is 24.1. The average Bonchev–Trinajstić information content (AvgIpc) is 3.22. The summed E-state index contributed by atoms with van der Waals surface area (Å²) in [7, 11) is 0. The maximum Gasteiger partial charge on any atom is 0.286 e. The maximum absolute atomic E-state index is 11.5. The average molecular weight is 471 g/mol. The molecule has 0 saturated carbocycles. The first kappa shape index (κ1) is 22.2. The number of nitrogens with zero attached hydrogens (tertiary/aromatic N) is 5. The van der Waals surface area contributed by atoms with Crippen LogP contribution in [0.4, 0.5) is 5.95 Å². The molecule has 2 aliphatic rings. The molecular weight excluding hydrogens is 447 g/mol. The van der Waals surface area contributed by atoms with E-state index in [1.54, 1.807) is 12.4 Å². The van der Waals surface area contributed by atoms with Gasteiger partial charge in [0.25, 0.3) is 5.56 Å². The van der Waals surface area contributed by atoms with Crippen LogP contribution in [0.2, 0.25) is 10.0 Å². The van der Waals surface area contributed by atoms with Crippen LogP contribution in [0, 0.1) is 0 Å². The number of rotatable bonds is 7. The normalized spacial score (nSPS) is 23.1. The predicted molar refractivity (Wildman–Crippen MR) is 115 cm³/mol. The molecule has 168 valence electrons. The predicted octanol–water partition coefficient (Wildman–Crippen LogP) is 1.32. The Bertz CT molecular complexity index is 922. The molecule has 0 bridgehead atoms. The Labute approximate surface area is 189 Å². The summed E-state index contributed by atoms with van der Waals surface area (Å²) < 4.78 is 11.6. The SMILES string of the molecule is O=c1[nH]ncc(OC[C@H]2CC[C@H](CC(O)N3CCN(c4ncc(Cl)cn4)CC3)O2)c1Cl. The van der Waals surface area contributed by atoms with E-state index in [1.165, 1.54) is 6.20 Å². The van der Waals surface area contributed by atoms with Crippen molar-refractivity contribution in [1.82, 2.24) is 25.1 Å². The third kappa shape index (κ3) is 5.64. The van der Waals surface area contributed by atoms with Crippen molar-refractivity contribution in [1.29, 1.82) is 0 Å². The van der Waals surface area contributed by atoms with Crippen molar-refractivity contribution in [2.24, 2.45) is 0 Å². The van der Waals surface area contributed by atoms with Gasteiger partial charge in [-0.15, -0.1) is 0 Å². The highest BCUT2D eigenvalue weighted by Gasteiger charge is 2.31. The van der Waals surface area contributed by atoms with Gasteiger partial charge >= 0.3 is 0 Å². The molecule has 10 nitrogen and oxygen atoms in total. The first-order valence-electron chi connectivity index (χ1n) is 10.2. The minimum atomic E-state index is -0.579. The van der Waals surface area contributed by atoms with E-state index in [-0.39, 0.29) is 29.6 Å². The van der Waals surface area contributed by atoms with E-state index in [9.17, 15) is 9.90 Å². The van der Waals surface area contributed by atoms with Crippen LogP contribution in [-0.2, 0) is 4.74 Å². The Hall–Kier alpha value is -1.98. The van der Waals surface area contributed by atoms with E-state index in [2.05, 4.69) is 25.1 Å². The lowest BCUT2D eigenvalue weighted by Gasteiger charge is -2.37. The molecule has 2 saturated heterocycles. The standard InChI is InChI=1S/C19H24Cl2N6O4/c20-12-8-22-19(23-9-12)27-5-3-26(4-6-27)16(28)7-13-1-2-14(31-13)11-30-15-10-24-25-18(29)17(15)21/h8-10,13-14,16,28H,1-7,11H2,(H,25,29)/t13-,14-,16?/m1/s1. The topological polar surface area (TPSA) is 117 Å². The Morgan fingerprint density at radius 3 is 2.61 bits per heavy atom. The quantitative estimate of drug-likeness (QED) is 0.617. The molecule has 0 spiro atoms. The van der Waals surface area contributed by atoms with Crippen LogP contribution in [0.15, 0.2) is 23.4 Å². The fourth-order valence-corrected chi connectivity index (χ4v) is 4.04. The molecule has 2 aliphatic heterocycles. The van der Waals surface area contributed by atoms with Crippen LogP contribution < -0.4 is 15.2 Å². The van der Waals surface area contributed by atoms with Crippen LogP contribution in [0.25, 0.3) is 0 Å². The summed E-state index contributed by atoms with van der Waals surface area (Å²) in [6, 6.07) is 0. The van der Waals surface area contributed by atoms with E-state index < -0.39 is 11.8 Å². The maximum atomic E-state index is 11.5. The molecule has 1 unspecified atom stereocenters. The first-order chi connectivity index (χ1) is 15.0. The third-order valence-corrected chi connectivity index (χ3v) is 6.04. The monoisotopic (exact) mass is 470 g/mol. The van der Waals surface area contributed by atoms with Gasteiger partial charge in [0.15, 0.2) is 10.8 Å². The second kappa shape index (κ2) is 10.1. The van der Waals surface area contributed by atoms with Crippen molar-refractivity contribution in [2.45, 2.75) is 37.7 Å². The van der Waals surface area contributed by atoms with Gasteiger partial charge in [0.05, 0.1) is 35.8 Å². The Morgan fingerprint density at radius 1 is 1.16 bits per heavy atom. The summed E-state index contributed by atoms with van der Waals surface area (Å²) in [6.07, 6.45) is 5.98. The fourth-order valence-electron chi connectivity index (χ4n) is 3.80. The number of aliphatic hydroxyl groups excluding tert-OH is 1. The van der Waals surface area contributed by atoms with Gasteiger partial charge in [-0.05, 0) is 12.8 Å². The second-order valence-electron chi connectivity index (χ2n) is 7.59. The number of hydrogen-bond donors (Lipinski definition) is 2. The molecule has 12 heteroatoms. The van der Waals surface area contributed by atoms with Crippen LogP contribution in [0.5, 0.6) is 5.75 Å². The van der Waals surface area contributed by atoms with Crippen molar-refractivity contribution in [3.05, 3.63) is 39.0 Å². The first-order valence-corrected chi connectivity index (χ1v) is 10.9. The highest BCUT2D eigenvalue weighted by molar-refractivity contribution is 6.31. The van der Waals surface area contributed by atoms with Crippen molar-refractivity contribution in [3.8, 4) is 5.75 Å². The zero-order chi connectivity index (χ0) is 21.8. The molecule has 2 aromatic heterocycles. The molecule has 4 heterocycles. The van der Waals surface area contributed by atoms with Gasteiger partial charge in [0.2, 0.25) is 5.95 Å². The lowest BCUT2D eigenvalue weighted by Crippen LogP contribution is -2.51. The molecular formula is C19H24Cl2N6O4. The summed E-state index contributed by atoms with van der Waals surface area (Å²) in [5.74, 6) is 0.885. The van der Waals surface area contributed by atoms with Gasteiger partial charge < -0.3 is 19.5 Å². The van der Waals surface area contributed by atoms with Crippen molar-refractivity contribution in [2.75, 3.05) is 37.7 Å². The van der Waals surface area contributed by atoms with Crippen LogP contribution in [0.1, 0.15) is 19.3 Å². The number of nitrogens with one attached hydrogen (secondary N) is 1. The van der Waals surface area contributed by atoms with Gasteiger partial charge in [0.1, 0.15) is 12.8 Å². The van der Waals surface area contributed by atoms with Crippen LogP contribution >= 0.6 is 23.2 Å². The minimum absolute atomic E-state index is 0.0249. The smallest absolute Gasteiger partial charge is 0.286 e. The van der Waals surface area contributed by atoms with E-state index in [4.69, 9.17) is 32.7 Å². The van der Waals surface area contributed by atoms with E-state index in [0.717, 1.165) is 25.9 Å². The van der Waals surface area contributed by atoms with Gasteiger partial charge in [0, 0.05) is 32.6 Å². The van der Waals surface area contributed by atoms with Gasteiger partial charge in [-0.25, -0.2) is 15.1 Å². The number of halogens is 2. The van der Waals surface area contributed by atoms with Gasteiger partial charge in [-0.2, -0.15) is 5.10 Å². The Kier molecular flexibility index (Phi) is 7.24. The summed E-state index contributed by atoms with van der Waals surface area (Å²) in [6.45, 7) is 3.15. The number of ether oxygens (including phenoxy) is 2. The van der Waals surface area contributed by atoms with Crippen molar-refractivity contribution < 1.29 is 14.6 Å². The molecule has 4 rings (SSSR count). The molecule has 31 heavy (non-hydrogen) atoms. The molecule has 2 fully saturated rings. The molecule has 0 aliphatic carbocycles. The number of aromatic nitrogens is 4. The van der Waals surface area contributed by atoms with Crippen molar-refractivity contribution >= 4 is 29.2 Å². The molecule has 0 aromatic carbocycles. The summed E-state index contributed by atoms with van der Waals surface area (Å²) in [5, 5.41) is 17.1. The zero-order valence-corrected chi connectivity index (χ0v) is 18.3. The lowest BCUT2D eigenvalue weighted by molar-refractivity contribution is -0.0562. The number of anilines is 1. The molecule has 2 N–H and O–H groups in total. The number of H-pyrrole nitrogens is 1. The Balaban J connectivity index is 1.20. The van der Waals surface area contributed by atoms with E-state index >= 15 is 0 Å². The molecule has 0 radical (unpaired) electrons. The Morgan fingerprint density at radius 2 is 1.87 bits per heavy atom. The fraction of sp³-hybridized carbons (Fsp3) is 0.579. The minimum Gasteiger partial charge on any atom is -0.487 e.